The first-order valence-electron chi connectivity index (χ1n) is 6.32. The SMILES string of the molecule is CCc1cc(NC(=O)CCC2CCNC2)n[nH]1. The van der Waals surface area contributed by atoms with E-state index in [9.17, 15) is 4.79 Å². The van der Waals surface area contributed by atoms with E-state index in [-0.39, 0.29) is 5.91 Å². The van der Waals surface area contributed by atoms with Gasteiger partial charge in [-0.15, -0.1) is 0 Å². The molecule has 1 fully saturated rings. The molecule has 1 aliphatic rings. The molecule has 1 aromatic heterocycles. The Labute approximate surface area is 101 Å². The van der Waals surface area contributed by atoms with Gasteiger partial charge in [0.15, 0.2) is 5.82 Å². The van der Waals surface area contributed by atoms with Gasteiger partial charge in [0.25, 0.3) is 0 Å². The molecule has 5 heteroatoms. The van der Waals surface area contributed by atoms with Crippen molar-refractivity contribution in [1.29, 1.82) is 0 Å². The molecule has 1 amide bonds. The zero-order chi connectivity index (χ0) is 12.1. The number of H-pyrrole nitrogens is 1. The predicted molar refractivity (Wildman–Crippen MR) is 66.8 cm³/mol. The summed E-state index contributed by atoms with van der Waals surface area (Å²) in [5.41, 5.74) is 1.04. The van der Waals surface area contributed by atoms with Crippen LogP contribution >= 0.6 is 0 Å². The van der Waals surface area contributed by atoms with Gasteiger partial charge in [0.2, 0.25) is 5.91 Å². The van der Waals surface area contributed by atoms with Crippen LogP contribution in [0.2, 0.25) is 0 Å². The number of aromatic amines is 1. The van der Waals surface area contributed by atoms with Crippen molar-refractivity contribution >= 4 is 11.7 Å². The lowest BCUT2D eigenvalue weighted by atomic mass is 10.0. The molecule has 3 N–H and O–H groups in total. The molecule has 0 aliphatic carbocycles. The number of nitrogens with zero attached hydrogens (tertiary/aromatic N) is 1. The van der Waals surface area contributed by atoms with Crippen LogP contribution in [0.5, 0.6) is 0 Å². The van der Waals surface area contributed by atoms with E-state index in [1.807, 2.05) is 13.0 Å². The van der Waals surface area contributed by atoms with E-state index in [1.165, 1.54) is 6.42 Å². The highest BCUT2D eigenvalue weighted by Crippen LogP contribution is 2.15. The molecule has 1 unspecified atom stereocenters. The van der Waals surface area contributed by atoms with Crippen molar-refractivity contribution in [2.45, 2.75) is 32.6 Å². The summed E-state index contributed by atoms with van der Waals surface area (Å²) in [6.45, 7) is 4.19. The lowest BCUT2D eigenvalue weighted by Gasteiger charge is -2.06. The number of carbonyl (C=O) groups excluding carboxylic acids is 1. The molecule has 1 aliphatic heterocycles. The Morgan fingerprint density at radius 1 is 1.65 bits per heavy atom. The molecule has 0 spiro atoms. The monoisotopic (exact) mass is 236 g/mol. The third kappa shape index (κ3) is 3.56. The summed E-state index contributed by atoms with van der Waals surface area (Å²) in [5, 5.41) is 13.0. The molecule has 1 aromatic rings. The fraction of sp³-hybridized carbons (Fsp3) is 0.667. The minimum atomic E-state index is 0.0612. The van der Waals surface area contributed by atoms with E-state index in [2.05, 4.69) is 20.8 Å². The topological polar surface area (TPSA) is 69.8 Å². The zero-order valence-corrected chi connectivity index (χ0v) is 10.3. The Bertz CT molecular complexity index is 368. The molecule has 0 bridgehead atoms. The predicted octanol–water partition coefficient (Wildman–Crippen LogP) is 1.30. The van der Waals surface area contributed by atoms with Gasteiger partial charge in [-0.3, -0.25) is 9.89 Å². The van der Waals surface area contributed by atoms with Gasteiger partial charge in [0, 0.05) is 18.2 Å². The highest BCUT2D eigenvalue weighted by Gasteiger charge is 2.15. The van der Waals surface area contributed by atoms with Crippen LogP contribution in [0.25, 0.3) is 0 Å². The van der Waals surface area contributed by atoms with E-state index in [1.54, 1.807) is 0 Å². The van der Waals surface area contributed by atoms with Crippen LogP contribution in [0.3, 0.4) is 0 Å². The maximum Gasteiger partial charge on any atom is 0.225 e. The highest BCUT2D eigenvalue weighted by atomic mass is 16.1. The smallest absolute Gasteiger partial charge is 0.225 e. The number of nitrogens with one attached hydrogen (secondary N) is 3. The summed E-state index contributed by atoms with van der Waals surface area (Å²) in [4.78, 5) is 11.7. The lowest BCUT2D eigenvalue weighted by molar-refractivity contribution is -0.116. The molecule has 1 atom stereocenters. The molecule has 0 radical (unpaired) electrons. The van der Waals surface area contributed by atoms with Crippen LogP contribution in [0.15, 0.2) is 6.07 Å². The third-order valence-corrected chi connectivity index (χ3v) is 3.22. The summed E-state index contributed by atoms with van der Waals surface area (Å²) in [6, 6.07) is 1.88. The number of hydrogen-bond acceptors (Lipinski definition) is 3. The number of aryl methyl sites for hydroxylation is 1. The molecule has 0 saturated carbocycles. The minimum Gasteiger partial charge on any atom is -0.316 e. The van der Waals surface area contributed by atoms with Gasteiger partial charge in [0.05, 0.1) is 0 Å². The van der Waals surface area contributed by atoms with Crippen molar-refractivity contribution in [3.8, 4) is 0 Å². The van der Waals surface area contributed by atoms with Crippen molar-refractivity contribution in [3.63, 3.8) is 0 Å². The van der Waals surface area contributed by atoms with E-state index < -0.39 is 0 Å². The first kappa shape index (κ1) is 12.1. The number of rotatable bonds is 5. The number of anilines is 1. The first-order chi connectivity index (χ1) is 8.28. The first-order valence-corrected chi connectivity index (χ1v) is 6.32. The second-order valence-electron chi connectivity index (χ2n) is 4.58. The molecular weight excluding hydrogens is 216 g/mol. The Morgan fingerprint density at radius 3 is 3.18 bits per heavy atom. The maximum absolute atomic E-state index is 11.7. The van der Waals surface area contributed by atoms with Crippen molar-refractivity contribution in [2.24, 2.45) is 5.92 Å². The molecule has 5 nitrogen and oxygen atoms in total. The molecule has 2 rings (SSSR count). The second kappa shape index (κ2) is 5.82. The van der Waals surface area contributed by atoms with Crippen molar-refractivity contribution < 1.29 is 4.79 Å². The number of carbonyl (C=O) groups is 1. The summed E-state index contributed by atoms with van der Waals surface area (Å²) in [5.74, 6) is 1.36. The largest absolute Gasteiger partial charge is 0.316 e. The summed E-state index contributed by atoms with van der Waals surface area (Å²) < 4.78 is 0. The number of aromatic nitrogens is 2. The van der Waals surface area contributed by atoms with Crippen LogP contribution in [-0.2, 0) is 11.2 Å². The van der Waals surface area contributed by atoms with Gasteiger partial charge in [0.1, 0.15) is 0 Å². The molecule has 94 valence electrons. The van der Waals surface area contributed by atoms with Gasteiger partial charge in [-0.2, -0.15) is 5.10 Å². The summed E-state index contributed by atoms with van der Waals surface area (Å²) >= 11 is 0. The van der Waals surface area contributed by atoms with E-state index in [4.69, 9.17) is 0 Å². The Hall–Kier alpha value is -1.36. The number of hydrogen-bond donors (Lipinski definition) is 3. The van der Waals surface area contributed by atoms with Gasteiger partial charge in [-0.1, -0.05) is 6.92 Å². The van der Waals surface area contributed by atoms with Gasteiger partial charge in [-0.05, 0) is 38.3 Å². The van der Waals surface area contributed by atoms with E-state index in [0.29, 0.717) is 18.2 Å². The Morgan fingerprint density at radius 2 is 2.53 bits per heavy atom. The molecule has 1 saturated heterocycles. The van der Waals surface area contributed by atoms with Crippen molar-refractivity contribution in [2.75, 3.05) is 18.4 Å². The third-order valence-electron chi connectivity index (χ3n) is 3.22. The maximum atomic E-state index is 11.7. The lowest BCUT2D eigenvalue weighted by Crippen LogP contribution is -2.15. The van der Waals surface area contributed by atoms with Gasteiger partial charge in [-0.25, -0.2) is 0 Å². The van der Waals surface area contributed by atoms with Gasteiger partial charge < -0.3 is 10.6 Å². The van der Waals surface area contributed by atoms with Crippen molar-refractivity contribution in [1.82, 2.24) is 15.5 Å². The standard InChI is InChI=1S/C12H20N4O/c1-2-10-7-11(16-15-10)14-12(17)4-3-9-5-6-13-8-9/h7,9,13H,2-6,8H2,1H3,(H2,14,15,16,17). The summed E-state index contributed by atoms with van der Waals surface area (Å²) in [6.07, 6.45) is 3.64. The molecule has 17 heavy (non-hydrogen) atoms. The average Bonchev–Trinajstić information content (AvgIpc) is 2.97. The molecular formula is C12H20N4O. The normalized spacial score (nSPS) is 19.5. The Balaban J connectivity index is 1.72. The van der Waals surface area contributed by atoms with Gasteiger partial charge >= 0.3 is 0 Å². The average molecular weight is 236 g/mol. The van der Waals surface area contributed by atoms with Crippen LogP contribution < -0.4 is 10.6 Å². The van der Waals surface area contributed by atoms with Crippen LogP contribution in [-0.4, -0.2) is 29.2 Å². The second-order valence-corrected chi connectivity index (χ2v) is 4.58. The number of amides is 1. The van der Waals surface area contributed by atoms with E-state index in [0.717, 1.165) is 31.6 Å². The van der Waals surface area contributed by atoms with Crippen LogP contribution in [0.4, 0.5) is 5.82 Å². The Kier molecular flexibility index (Phi) is 4.14. The van der Waals surface area contributed by atoms with Crippen LogP contribution in [0, 0.1) is 5.92 Å². The quantitative estimate of drug-likeness (QED) is 0.721. The van der Waals surface area contributed by atoms with E-state index >= 15 is 0 Å². The molecule has 0 aromatic carbocycles. The zero-order valence-electron chi connectivity index (χ0n) is 10.3. The summed E-state index contributed by atoms with van der Waals surface area (Å²) in [7, 11) is 0. The minimum absolute atomic E-state index is 0.0612. The fourth-order valence-electron chi connectivity index (χ4n) is 2.11. The van der Waals surface area contributed by atoms with Crippen molar-refractivity contribution in [3.05, 3.63) is 11.8 Å². The highest BCUT2D eigenvalue weighted by molar-refractivity contribution is 5.89. The van der Waals surface area contributed by atoms with Crippen LogP contribution in [0.1, 0.15) is 31.9 Å². The fourth-order valence-corrected chi connectivity index (χ4v) is 2.11. The molecule has 2 heterocycles.